The molecule has 32 heavy (non-hydrogen) atoms. The van der Waals surface area contributed by atoms with Gasteiger partial charge in [0.1, 0.15) is 12.3 Å². The van der Waals surface area contributed by atoms with Gasteiger partial charge in [-0.25, -0.2) is 0 Å². The zero-order chi connectivity index (χ0) is 23.3. The lowest BCUT2D eigenvalue weighted by Crippen LogP contribution is -2.40. The fourth-order valence-electron chi connectivity index (χ4n) is 3.31. The summed E-state index contributed by atoms with van der Waals surface area (Å²) < 4.78 is 9.86. The Morgan fingerprint density at radius 1 is 1.06 bits per heavy atom. The Balaban J connectivity index is 1.80. The molecule has 168 valence electrons. The molecule has 0 spiro atoms. The normalized spacial score (nSPS) is 12.8. The summed E-state index contributed by atoms with van der Waals surface area (Å²) >= 11 is 0. The van der Waals surface area contributed by atoms with Crippen LogP contribution in [-0.2, 0) is 25.7 Å². The minimum atomic E-state index is -0.465. The molecular weight excluding hydrogens is 410 g/mol. The fraction of sp³-hybridized carbons (Fsp3) is 0.292. The van der Waals surface area contributed by atoms with Crippen LogP contribution in [0.5, 0.6) is 5.75 Å². The van der Waals surface area contributed by atoms with E-state index in [2.05, 4.69) is 10.6 Å². The van der Waals surface area contributed by atoms with Crippen molar-refractivity contribution in [3.05, 3.63) is 64.9 Å². The Morgan fingerprint density at radius 2 is 1.75 bits per heavy atom. The molecule has 2 amide bonds. The number of hydrogen-bond acceptors (Lipinski definition) is 6. The number of amides is 2. The molecule has 0 bridgehead atoms. The molecule has 0 atom stereocenters. The summed E-state index contributed by atoms with van der Waals surface area (Å²) in [6.45, 7) is 4.07. The van der Waals surface area contributed by atoms with Gasteiger partial charge in [-0.15, -0.1) is 0 Å². The Morgan fingerprint density at radius 3 is 2.41 bits per heavy atom. The quantitative estimate of drug-likeness (QED) is 0.647. The molecule has 1 heterocycles. The lowest BCUT2D eigenvalue weighted by atomic mass is 10.1. The second-order valence-electron chi connectivity index (χ2n) is 7.55. The number of carbonyl (C=O) groups is 3. The average Bonchev–Trinajstić information content (AvgIpc) is 2.89. The third-order valence-corrected chi connectivity index (χ3v) is 5.27. The first kappa shape index (κ1) is 22.9. The molecule has 3 rings (SSSR count). The maximum absolute atomic E-state index is 13.0. The molecule has 8 nitrogen and oxygen atoms in total. The van der Waals surface area contributed by atoms with Crippen LogP contribution in [0.4, 0.5) is 11.4 Å². The minimum absolute atomic E-state index is 0.0773. The van der Waals surface area contributed by atoms with E-state index in [0.29, 0.717) is 23.6 Å². The third kappa shape index (κ3) is 5.46. The number of anilines is 2. The molecule has 1 aliphatic rings. The van der Waals surface area contributed by atoms with Gasteiger partial charge in [0.2, 0.25) is 5.91 Å². The van der Waals surface area contributed by atoms with Crippen LogP contribution in [0.1, 0.15) is 23.1 Å². The van der Waals surface area contributed by atoms with Gasteiger partial charge in [0.05, 0.1) is 32.0 Å². The van der Waals surface area contributed by atoms with Crippen molar-refractivity contribution in [3.63, 3.8) is 0 Å². The summed E-state index contributed by atoms with van der Waals surface area (Å²) in [5.41, 5.74) is 4.55. The smallest absolute Gasteiger partial charge is 0.311 e. The molecular formula is C24H27N3O5. The Labute approximate surface area is 187 Å². The summed E-state index contributed by atoms with van der Waals surface area (Å²) in [6.07, 6.45) is 1.25. The van der Waals surface area contributed by atoms with Gasteiger partial charge in [-0.05, 0) is 54.8 Å². The molecule has 0 fully saturated rings. The standard InChI is InChI=1S/C24H27N3O5/c1-15-9-20-21(10-16(15)2)27(23(29)11-18(26-20)12-24(30)32-4)14-22(28)25-13-17-5-7-19(31-3)8-6-17/h5-11,26H,12-14H2,1-4H3,(H,25,28). The van der Waals surface area contributed by atoms with Crippen molar-refractivity contribution in [1.29, 1.82) is 0 Å². The molecule has 0 aromatic heterocycles. The zero-order valence-electron chi connectivity index (χ0n) is 18.7. The van der Waals surface area contributed by atoms with Gasteiger partial charge < -0.3 is 20.1 Å². The van der Waals surface area contributed by atoms with Crippen molar-refractivity contribution in [2.75, 3.05) is 31.0 Å². The molecule has 0 saturated carbocycles. The summed E-state index contributed by atoms with van der Waals surface area (Å²) in [6, 6.07) is 11.1. The maximum atomic E-state index is 13.0. The summed E-state index contributed by atoms with van der Waals surface area (Å²) in [5.74, 6) is -0.423. The molecule has 2 aromatic rings. The Bertz CT molecular complexity index is 1060. The van der Waals surface area contributed by atoms with Gasteiger partial charge in [0.15, 0.2) is 0 Å². The summed E-state index contributed by atoms with van der Waals surface area (Å²) in [4.78, 5) is 38.8. The van der Waals surface area contributed by atoms with Crippen LogP contribution < -0.4 is 20.3 Å². The highest BCUT2D eigenvalue weighted by atomic mass is 16.5. The lowest BCUT2D eigenvalue weighted by Gasteiger charge is -2.23. The average molecular weight is 437 g/mol. The van der Waals surface area contributed by atoms with E-state index in [4.69, 9.17) is 9.47 Å². The molecule has 0 aliphatic carbocycles. The monoisotopic (exact) mass is 437 g/mol. The van der Waals surface area contributed by atoms with E-state index >= 15 is 0 Å². The van der Waals surface area contributed by atoms with E-state index in [-0.39, 0.29) is 18.9 Å². The number of nitrogens with one attached hydrogen (secondary N) is 2. The van der Waals surface area contributed by atoms with E-state index in [1.165, 1.54) is 18.1 Å². The van der Waals surface area contributed by atoms with E-state index in [0.717, 1.165) is 22.4 Å². The van der Waals surface area contributed by atoms with Crippen molar-refractivity contribution < 1.29 is 23.9 Å². The van der Waals surface area contributed by atoms with Crippen molar-refractivity contribution in [2.45, 2.75) is 26.8 Å². The van der Waals surface area contributed by atoms with Gasteiger partial charge in [0, 0.05) is 18.3 Å². The molecule has 0 saturated heterocycles. The number of carbonyl (C=O) groups excluding carboxylic acids is 3. The minimum Gasteiger partial charge on any atom is -0.497 e. The fourth-order valence-corrected chi connectivity index (χ4v) is 3.31. The van der Waals surface area contributed by atoms with E-state index in [9.17, 15) is 14.4 Å². The number of nitrogens with zero attached hydrogens (tertiary/aromatic N) is 1. The molecule has 2 N–H and O–H groups in total. The first-order valence-electron chi connectivity index (χ1n) is 10.2. The van der Waals surface area contributed by atoms with Gasteiger partial charge in [-0.3, -0.25) is 19.3 Å². The van der Waals surface area contributed by atoms with Gasteiger partial charge in [-0.2, -0.15) is 0 Å². The van der Waals surface area contributed by atoms with Crippen molar-refractivity contribution in [3.8, 4) is 5.75 Å². The number of aryl methyl sites for hydroxylation is 2. The number of ether oxygens (including phenoxy) is 2. The van der Waals surface area contributed by atoms with E-state index < -0.39 is 11.9 Å². The summed E-state index contributed by atoms with van der Waals surface area (Å²) in [5, 5.41) is 5.99. The van der Waals surface area contributed by atoms with Crippen LogP contribution in [0.2, 0.25) is 0 Å². The first-order chi connectivity index (χ1) is 15.3. The SMILES string of the molecule is COC(=O)CC1=CC(=O)N(CC(=O)NCc2ccc(OC)cc2)c2cc(C)c(C)cc2N1. The summed E-state index contributed by atoms with van der Waals surface area (Å²) in [7, 11) is 2.89. The first-order valence-corrected chi connectivity index (χ1v) is 10.2. The van der Waals surface area contributed by atoms with Crippen molar-refractivity contribution in [1.82, 2.24) is 5.32 Å². The van der Waals surface area contributed by atoms with Crippen molar-refractivity contribution in [2.24, 2.45) is 0 Å². The van der Waals surface area contributed by atoms with E-state index in [1.54, 1.807) is 7.11 Å². The van der Waals surface area contributed by atoms with Crippen LogP contribution >= 0.6 is 0 Å². The number of esters is 1. The Hall–Kier alpha value is -3.81. The lowest BCUT2D eigenvalue weighted by molar-refractivity contribution is -0.139. The predicted molar refractivity (Wildman–Crippen MR) is 121 cm³/mol. The van der Waals surface area contributed by atoms with Gasteiger partial charge >= 0.3 is 5.97 Å². The highest BCUT2D eigenvalue weighted by molar-refractivity contribution is 6.09. The van der Waals surface area contributed by atoms with Crippen LogP contribution in [0.15, 0.2) is 48.2 Å². The topological polar surface area (TPSA) is 97.0 Å². The maximum Gasteiger partial charge on any atom is 0.311 e. The van der Waals surface area contributed by atoms with Crippen LogP contribution in [0, 0.1) is 13.8 Å². The largest absolute Gasteiger partial charge is 0.497 e. The number of hydrogen-bond donors (Lipinski definition) is 2. The predicted octanol–water partition coefficient (Wildman–Crippen LogP) is 2.83. The van der Waals surface area contributed by atoms with Crippen LogP contribution in [0.25, 0.3) is 0 Å². The molecule has 0 unspecified atom stereocenters. The Kier molecular flexibility index (Phi) is 7.14. The van der Waals surface area contributed by atoms with Gasteiger partial charge in [0.25, 0.3) is 5.91 Å². The molecule has 2 aromatic carbocycles. The number of rotatable bonds is 7. The highest BCUT2D eigenvalue weighted by Gasteiger charge is 2.25. The van der Waals surface area contributed by atoms with E-state index in [1.807, 2.05) is 50.2 Å². The zero-order valence-corrected chi connectivity index (χ0v) is 18.7. The third-order valence-electron chi connectivity index (χ3n) is 5.27. The van der Waals surface area contributed by atoms with Crippen LogP contribution in [-0.4, -0.2) is 38.5 Å². The molecule has 0 radical (unpaired) electrons. The molecule has 1 aliphatic heterocycles. The number of benzene rings is 2. The van der Waals surface area contributed by atoms with Gasteiger partial charge in [-0.1, -0.05) is 12.1 Å². The molecule has 8 heteroatoms. The second kappa shape index (κ2) is 10.00. The second-order valence-corrected chi connectivity index (χ2v) is 7.55. The van der Waals surface area contributed by atoms with Crippen molar-refractivity contribution >= 4 is 29.2 Å². The number of methoxy groups -OCH3 is 2. The highest BCUT2D eigenvalue weighted by Crippen LogP contribution is 2.33. The number of fused-ring (bicyclic) bond motifs is 1. The van der Waals surface area contributed by atoms with Crippen LogP contribution in [0.3, 0.4) is 0 Å².